The van der Waals surface area contributed by atoms with Crippen LogP contribution in [0.1, 0.15) is 5.56 Å². The number of benzene rings is 1. The first-order valence-corrected chi connectivity index (χ1v) is 5.14. The first-order valence-electron chi connectivity index (χ1n) is 5.14. The van der Waals surface area contributed by atoms with Gasteiger partial charge in [-0.1, -0.05) is 18.2 Å². The number of hydrazone groups is 1. The van der Waals surface area contributed by atoms with Crippen molar-refractivity contribution in [2.45, 2.75) is 0 Å². The van der Waals surface area contributed by atoms with Crippen LogP contribution in [0.25, 0.3) is 0 Å². The highest BCUT2D eigenvalue weighted by Crippen LogP contribution is 2.04. The summed E-state index contributed by atoms with van der Waals surface area (Å²) in [7, 11) is 1.99. The van der Waals surface area contributed by atoms with Crippen LogP contribution in [0.4, 0.5) is 5.69 Å². The minimum Gasteiger partial charge on any atom is -0.279 e. The number of aromatic nitrogens is 1. The molecule has 16 heavy (non-hydrogen) atoms. The van der Waals surface area contributed by atoms with Gasteiger partial charge < -0.3 is 0 Å². The Hall–Kier alpha value is -2.16. The van der Waals surface area contributed by atoms with E-state index in [1.54, 1.807) is 6.21 Å². The van der Waals surface area contributed by atoms with E-state index in [4.69, 9.17) is 0 Å². The van der Waals surface area contributed by atoms with Gasteiger partial charge in [0.2, 0.25) is 0 Å². The summed E-state index contributed by atoms with van der Waals surface area (Å²) in [5.74, 6) is 0. The van der Waals surface area contributed by atoms with E-state index in [0.29, 0.717) is 0 Å². The quantitative estimate of drug-likeness (QED) is 0.470. The number of pyridine rings is 1. The molecule has 0 unspecified atom stereocenters. The zero-order chi connectivity index (χ0) is 11.2. The molecular formula is C13H14N3+. The highest BCUT2D eigenvalue weighted by molar-refractivity contribution is 5.79. The Morgan fingerprint density at radius 1 is 1.06 bits per heavy atom. The van der Waals surface area contributed by atoms with Crippen LogP contribution >= 0.6 is 0 Å². The summed E-state index contributed by atoms with van der Waals surface area (Å²) in [6, 6.07) is 13.9. The van der Waals surface area contributed by atoms with E-state index in [2.05, 4.69) is 10.5 Å². The lowest BCUT2D eigenvalue weighted by molar-refractivity contribution is -0.671. The first-order chi connectivity index (χ1) is 7.84. The molecule has 0 aliphatic carbocycles. The molecule has 1 aromatic carbocycles. The molecular weight excluding hydrogens is 198 g/mol. The second-order valence-corrected chi connectivity index (χ2v) is 3.53. The summed E-state index contributed by atoms with van der Waals surface area (Å²) in [5, 5.41) is 4.16. The highest BCUT2D eigenvalue weighted by Gasteiger charge is 1.91. The molecule has 1 aromatic heterocycles. The number of hydrogen-bond donors (Lipinski definition) is 1. The molecule has 0 atom stereocenters. The van der Waals surface area contributed by atoms with Crippen molar-refractivity contribution < 1.29 is 4.57 Å². The molecule has 0 saturated carbocycles. The minimum absolute atomic E-state index is 0.986. The van der Waals surface area contributed by atoms with Crippen molar-refractivity contribution in [3.63, 3.8) is 0 Å². The maximum absolute atomic E-state index is 4.16. The zero-order valence-corrected chi connectivity index (χ0v) is 9.17. The van der Waals surface area contributed by atoms with Crippen molar-refractivity contribution in [2.75, 3.05) is 5.43 Å². The van der Waals surface area contributed by atoms with Crippen molar-refractivity contribution in [1.82, 2.24) is 0 Å². The van der Waals surface area contributed by atoms with E-state index in [9.17, 15) is 0 Å². The van der Waals surface area contributed by atoms with E-state index in [1.807, 2.05) is 66.5 Å². The Balaban J connectivity index is 1.98. The maximum atomic E-state index is 4.16. The lowest BCUT2D eigenvalue weighted by Gasteiger charge is -1.97. The van der Waals surface area contributed by atoms with Gasteiger partial charge in [-0.2, -0.15) is 5.10 Å². The minimum atomic E-state index is 0.986. The van der Waals surface area contributed by atoms with Crippen LogP contribution < -0.4 is 9.99 Å². The number of rotatable bonds is 3. The molecule has 1 N–H and O–H groups in total. The van der Waals surface area contributed by atoms with Gasteiger partial charge in [-0.3, -0.25) is 5.43 Å². The number of nitrogens with one attached hydrogen (secondary N) is 1. The van der Waals surface area contributed by atoms with Gasteiger partial charge in [-0.15, -0.1) is 0 Å². The average molecular weight is 212 g/mol. The smallest absolute Gasteiger partial charge is 0.169 e. The van der Waals surface area contributed by atoms with E-state index >= 15 is 0 Å². The summed E-state index contributed by atoms with van der Waals surface area (Å²) in [6.07, 6.45) is 5.78. The van der Waals surface area contributed by atoms with Crippen molar-refractivity contribution >= 4 is 11.9 Å². The number of hydrogen-bond acceptors (Lipinski definition) is 2. The predicted octanol–water partition coefficient (Wildman–Crippen LogP) is 1.96. The van der Waals surface area contributed by atoms with Crippen LogP contribution in [0.3, 0.4) is 0 Å². The van der Waals surface area contributed by atoms with Gasteiger partial charge in [-0.25, -0.2) is 4.57 Å². The second-order valence-electron chi connectivity index (χ2n) is 3.53. The summed E-state index contributed by atoms with van der Waals surface area (Å²) < 4.78 is 1.99. The van der Waals surface area contributed by atoms with Crippen molar-refractivity contribution in [1.29, 1.82) is 0 Å². The molecule has 0 bridgehead atoms. The van der Waals surface area contributed by atoms with Crippen molar-refractivity contribution in [3.05, 3.63) is 60.4 Å². The Bertz CT molecular complexity index is 460. The topological polar surface area (TPSA) is 28.3 Å². The fourth-order valence-electron chi connectivity index (χ4n) is 1.29. The fourth-order valence-corrected chi connectivity index (χ4v) is 1.29. The molecule has 0 aliphatic rings. The molecule has 0 radical (unpaired) electrons. The highest BCUT2D eigenvalue weighted by atomic mass is 15.3. The van der Waals surface area contributed by atoms with Gasteiger partial charge >= 0.3 is 0 Å². The third-order valence-corrected chi connectivity index (χ3v) is 2.19. The second kappa shape index (κ2) is 5.07. The lowest BCUT2D eigenvalue weighted by atomic mass is 10.3. The molecule has 1 heterocycles. The van der Waals surface area contributed by atoms with Gasteiger partial charge in [0.15, 0.2) is 12.4 Å². The van der Waals surface area contributed by atoms with Gasteiger partial charge in [0.25, 0.3) is 0 Å². The summed E-state index contributed by atoms with van der Waals surface area (Å²) in [4.78, 5) is 0. The van der Waals surface area contributed by atoms with Gasteiger partial charge in [-0.05, 0) is 12.1 Å². The molecule has 3 heteroatoms. The predicted molar refractivity (Wildman–Crippen MR) is 65.3 cm³/mol. The van der Waals surface area contributed by atoms with Crippen LogP contribution in [0.2, 0.25) is 0 Å². The third kappa shape index (κ3) is 2.92. The van der Waals surface area contributed by atoms with Crippen LogP contribution in [0.15, 0.2) is 60.0 Å². The lowest BCUT2D eigenvalue weighted by Crippen LogP contribution is -2.25. The monoisotopic (exact) mass is 212 g/mol. The van der Waals surface area contributed by atoms with E-state index in [0.717, 1.165) is 11.3 Å². The molecule has 0 saturated heterocycles. The number of aryl methyl sites for hydroxylation is 1. The van der Waals surface area contributed by atoms with Crippen LogP contribution in [0, 0.1) is 0 Å². The third-order valence-electron chi connectivity index (χ3n) is 2.19. The summed E-state index contributed by atoms with van der Waals surface area (Å²) in [5.41, 5.74) is 5.03. The van der Waals surface area contributed by atoms with E-state index < -0.39 is 0 Å². The first kappa shape index (κ1) is 10.4. The fraction of sp³-hybridized carbons (Fsp3) is 0.0769. The largest absolute Gasteiger partial charge is 0.279 e. The Morgan fingerprint density at radius 2 is 1.75 bits per heavy atom. The Kier molecular flexibility index (Phi) is 3.28. The van der Waals surface area contributed by atoms with Gasteiger partial charge in [0.05, 0.1) is 11.9 Å². The van der Waals surface area contributed by atoms with Crippen molar-refractivity contribution in [2.24, 2.45) is 12.1 Å². The summed E-state index contributed by atoms with van der Waals surface area (Å²) >= 11 is 0. The summed E-state index contributed by atoms with van der Waals surface area (Å²) in [6.45, 7) is 0. The van der Waals surface area contributed by atoms with E-state index in [-0.39, 0.29) is 0 Å². The molecule has 2 aromatic rings. The van der Waals surface area contributed by atoms with Crippen LogP contribution in [-0.2, 0) is 7.05 Å². The average Bonchev–Trinajstić information content (AvgIpc) is 2.33. The van der Waals surface area contributed by atoms with Crippen molar-refractivity contribution in [3.8, 4) is 0 Å². The molecule has 80 valence electrons. The molecule has 0 aliphatic heterocycles. The maximum Gasteiger partial charge on any atom is 0.169 e. The normalized spacial score (nSPS) is 10.6. The molecule has 0 amide bonds. The Morgan fingerprint density at radius 3 is 2.44 bits per heavy atom. The van der Waals surface area contributed by atoms with Gasteiger partial charge in [0, 0.05) is 17.7 Å². The van der Waals surface area contributed by atoms with Crippen LogP contribution in [-0.4, -0.2) is 6.21 Å². The molecule has 2 rings (SSSR count). The number of para-hydroxylation sites is 1. The SMILES string of the molecule is C[n+]1ccc(/C=N/Nc2ccccc2)cc1. The standard InChI is InChI=1S/C13H13N3/c1-16-9-7-12(8-10-16)11-14-15-13-5-3-2-4-6-13/h2-11H,1H3/p+1. The molecule has 0 spiro atoms. The van der Waals surface area contributed by atoms with Gasteiger partial charge in [0.1, 0.15) is 7.05 Å². The van der Waals surface area contributed by atoms with E-state index in [1.165, 1.54) is 0 Å². The van der Waals surface area contributed by atoms with Crippen LogP contribution in [0.5, 0.6) is 0 Å². The molecule has 3 nitrogen and oxygen atoms in total. The Labute approximate surface area is 95.1 Å². The number of anilines is 1. The number of nitrogens with zero attached hydrogens (tertiary/aromatic N) is 2. The zero-order valence-electron chi connectivity index (χ0n) is 9.17. The molecule has 0 fully saturated rings.